The van der Waals surface area contributed by atoms with Crippen molar-refractivity contribution in [2.24, 2.45) is 4.99 Å². The Hall–Kier alpha value is -2.58. The van der Waals surface area contributed by atoms with Crippen LogP contribution in [0.5, 0.6) is 0 Å². The Morgan fingerprint density at radius 1 is 1.27 bits per heavy atom. The van der Waals surface area contributed by atoms with Crippen LogP contribution in [0.2, 0.25) is 0 Å². The molecule has 1 saturated heterocycles. The zero-order valence-corrected chi connectivity index (χ0v) is 20.4. The summed E-state index contributed by atoms with van der Waals surface area (Å²) in [6.07, 6.45) is 4.26. The Morgan fingerprint density at radius 2 is 2.06 bits per heavy atom. The number of aliphatic imine (C=N–C) groups is 1. The lowest BCUT2D eigenvalue weighted by atomic mass is 9.93. The van der Waals surface area contributed by atoms with E-state index >= 15 is 0 Å². The van der Waals surface area contributed by atoms with Crippen molar-refractivity contribution >= 4 is 28.8 Å². The number of hydrogen-bond acceptors (Lipinski definition) is 7. The van der Waals surface area contributed by atoms with Crippen LogP contribution in [0.1, 0.15) is 50.6 Å². The summed E-state index contributed by atoms with van der Waals surface area (Å²) in [4.78, 5) is 34.8. The second-order valence-corrected chi connectivity index (χ2v) is 9.44. The van der Waals surface area contributed by atoms with E-state index in [-0.39, 0.29) is 24.3 Å². The molecule has 3 aliphatic heterocycles. The van der Waals surface area contributed by atoms with Crippen molar-refractivity contribution in [3.63, 3.8) is 0 Å². The Labute approximate surface area is 199 Å². The molecule has 2 atom stereocenters. The zero-order chi connectivity index (χ0) is 23.4. The van der Waals surface area contributed by atoms with Gasteiger partial charge in [-0.1, -0.05) is 49.0 Å². The van der Waals surface area contributed by atoms with E-state index < -0.39 is 0 Å². The number of methoxy groups -OCH3 is 1. The Bertz CT molecular complexity index is 989. The van der Waals surface area contributed by atoms with Crippen LogP contribution in [-0.4, -0.2) is 60.1 Å². The fourth-order valence-electron chi connectivity index (χ4n) is 4.81. The molecule has 0 aliphatic carbocycles. The number of amides is 1. The fraction of sp³-hybridized carbons (Fsp3) is 0.480. The van der Waals surface area contributed by atoms with Crippen LogP contribution >= 0.6 is 11.8 Å². The van der Waals surface area contributed by atoms with Crippen molar-refractivity contribution in [3.8, 4) is 0 Å². The number of benzene rings is 1. The number of nitrogens with one attached hydrogen (secondary N) is 1. The molecule has 1 aromatic rings. The summed E-state index contributed by atoms with van der Waals surface area (Å²) in [5.74, 6) is -0.398. The van der Waals surface area contributed by atoms with E-state index in [1.807, 2.05) is 47.6 Å². The highest BCUT2D eigenvalue weighted by Crippen LogP contribution is 2.45. The van der Waals surface area contributed by atoms with Gasteiger partial charge in [0.05, 0.1) is 30.8 Å². The Morgan fingerprint density at radius 3 is 2.73 bits per heavy atom. The maximum atomic E-state index is 12.8. The normalized spacial score (nSPS) is 22.7. The number of ether oxygens (including phenoxy) is 1. The highest BCUT2D eigenvalue weighted by molar-refractivity contribution is 8.16. The zero-order valence-electron chi connectivity index (χ0n) is 19.5. The average Bonchev–Trinajstić information content (AvgIpc) is 3.43. The van der Waals surface area contributed by atoms with Gasteiger partial charge in [0, 0.05) is 18.3 Å². The highest BCUT2D eigenvalue weighted by Gasteiger charge is 2.41. The number of thioether (sulfide) groups is 1. The van der Waals surface area contributed by atoms with E-state index in [4.69, 9.17) is 9.73 Å². The van der Waals surface area contributed by atoms with E-state index in [9.17, 15) is 9.59 Å². The van der Waals surface area contributed by atoms with Crippen molar-refractivity contribution in [1.82, 2.24) is 15.1 Å². The number of carbonyl (C=O) groups excluding carboxylic acids is 2. The molecule has 1 N–H and O–H groups in total. The molecular formula is C25H32N4O3S. The van der Waals surface area contributed by atoms with Gasteiger partial charge in [-0.05, 0) is 50.2 Å². The monoisotopic (exact) mass is 468 g/mol. The summed E-state index contributed by atoms with van der Waals surface area (Å²) in [5, 5.41) is 5.86. The molecule has 0 spiro atoms. The average molecular weight is 469 g/mol. The van der Waals surface area contributed by atoms with Gasteiger partial charge >= 0.3 is 5.97 Å². The van der Waals surface area contributed by atoms with Crippen molar-refractivity contribution < 1.29 is 14.3 Å². The first-order chi connectivity index (χ1) is 16.0. The van der Waals surface area contributed by atoms with Gasteiger partial charge in [0.15, 0.2) is 5.17 Å². The third kappa shape index (κ3) is 5.01. The number of esters is 1. The van der Waals surface area contributed by atoms with Crippen LogP contribution in [0.4, 0.5) is 0 Å². The molecule has 1 fully saturated rings. The number of hydrogen-bond donors (Lipinski definition) is 1. The summed E-state index contributed by atoms with van der Waals surface area (Å²) < 4.78 is 5.15. The van der Waals surface area contributed by atoms with Gasteiger partial charge < -0.3 is 19.9 Å². The number of carbonyl (C=O) groups is 2. The Kier molecular flexibility index (Phi) is 7.55. The number of nitrogens with zero attached hydrogens (tertiary/aromatic N) is 3. The minimum absolute atomic E-state index is 0.0135. The summed E-state index contributed by atoms with van der Waals surface area (Å²) in [5.41, 5.74) is 3.08. The molecule has 1 amide bonds. The molecule has 0 saturated carbocycles. The van der Waals surface area contributed by atoms with E-state index in [0.717, 1.165) is 35.1 Å². The lowest BCUT2D eigenvalue weighted by molar-refractivity contribution is -0.136. The van der Waals surface area contributed by atoms with Gasteiger partial charge in [-0.3, -0.25) is 4.79 Å². The maximum absolute atomic E-state index is 12.8. The van der Waals surface area contributed by atoms with Crippen LogP contribution in [-0.2, 0) is 14.3 Å². The first-order valence-electron chi connectivity index (χ1n) is 11.6. The van der Waals surface area contributed by atoms with Gasteiger partial charge in [-0.25, -0.2) is 9.79 Å². The predicted octanol–water partition coefficient (Wildman–Crippen LogP) is 3.82. The van der Waals surface area contributed by atoms with Gasteiger partial charge in [-0.15, -0.1) is 0 Å². The van der Waals surface area contributed by atoms with E-state index in [2.05, 4.69) is 17.3 Å². The van der Waals surface area contributed by atoms with Crippen LogP contribution in [0, 0.1) is 0 Å². The first kappa shape index (κ1) is 23.6. The van der Waals surface area contributed by atoms with Crippen molar-refractivity contribution in [2.45, 2.75) is 51.1 Å². The van der Waals surface area contributed by atoms with Crippen LogP contribution in [0.25, 0.3) is 0 Å². The maximum Gasteiger partial charge on any atom is 0.338 e. The summed E-state index contributed by atoms with van der Waals surface area (Å²) >= 11 is 1.50. The van der Waals surface area contributed by atoms with Crippen molar-refractivity contribution in [2.75, 3.05) is 27.2 Å². The number of likely N-dealkylation sites (tertiary alicyclic amines) is 1. The van der Waals surface area contributed by atoms with Gasteiger partial charge in [0.2, 0.25) is 5.91 Å². The molecule has 0 aromatic heterocycles. The van der Waals surface area contributed by atoms with Crippen molar-refractivity contribution in [3.05, 3.63) is 58.3 Å². The summed E-state index contributed by atoms with van der Waals surface area (Å²) in [7, 11) is 3.55. The second kappa shape index (κ2) is 10.6. The second-order valence-electron chi connectivity index (χ2n) is 8.60. The molecule has 3 aliphatic rings. The highest BCUT2D eigenvalue weighted by atomic mass is 32.2. The van der Waals surface area contributed by atoms with Gasteiger partial charge in [0.1, 0.15) is 0 Å². The minimum Gasteiger partial charge on any atom is -0.466 e. The molecule has 0 radical (unpaired) electrons. The van der Waals surface area contributed by atoms with E-state index in [1.165, 1.54) is 31.7 Å². The minimum atomic E-state index is -0.384. The number of allylic oxidation sites excluding steroid dienone is 1. The van der Waals surface area contributed by atoms with Crippen LogP contribution < -0.4 is 5.32 Å². The summed E-state index contributed by atoms with van der Waals surface area (Å²) in [6, 6.07) is 10.1. The lowest BCUT2D eigenvalue weighted by Gasteiger charge is -2.36. The molecule has 8 heteroatoms. The van der Waals surface area contributed by atoms with Crippen LogP contribution in [0.15, 0.2) is 57.7 Å². The molecular weight excluding hydrogens is 436 g/mol. The molecule has 176 valence electrons. The molecule has 3 heterocycles. The molecule has 4 rings (SSSR count). The number of amidine groups is 1. The van der Waals surface area contributed by atoms with Crippen LogP contribution in [0.3, 0.4) is 0 Å². The number of fused-ring (bicyclic) bond motifs is 1. The molecule has 0 bridgehead atoms. The molecule has 7 nitrogen and oxygen atoms in total. The predicted molar refractivity (Wildman–Crippen MR) is 131 cm³/mol. The topological polar surface area (TPSA) is 74.2 Å². The van der Waals surface area contributed by atoms with Gasteiger partial charge in [-0.2, -0.15) is 0 Å². The first-order valence-corrected chi connectivity index (χ1v) is 12.5. The largest absolute Gasteiger partial charge is 0.466 e. The third-order valence-electron chi connectivity index (χ3n) is 6.56. The quantitative estimate of drug-likeness (QED) is 0.585. The summed E-state index contributed by atoms with van der Waals surface area (Å²) in [6.45, 7) is 3.80. The lowest BCUT2D eigenvalue weighted by Crippen LogP contribution is -2.38. The standard InChI is InChI=1S/C25H32N4O3S/c1-4-20-22(24(31)32-3)23(17-9-6-5-7-10-17)29-19(16-33-25(29)27-20)15-21(30)26-13-12-18-11-8-14-28(18)2/h5-7,9-10,16,18,23H,4,8,11-15H2,1-3H3,(H,26,30)/t18-,23-/m1/s1. The van der Waals surface area contributed by atoms with E-state index in [0.29, 0.717) is 24.6 Å². The molecule has 0 unspecified atom stereocenters. The Balaban J connectivity index is 1.52. The molecule has 1 aromatic carbocycles. The SMILES string of the molecule is CCC1=C(C(=O)OC)[C@@H](c2ccccc2)N2C(CC(=O)NCC[C@H]3CCCN3C)=CSC2=N1. The van der Waals surface area contributed by atoms with Gasteiger partial charge in [0.25, 0.3) is 0 Å². The fourth-order valence-corrected chi connectivity index (χ4v) is 5.75. The van der Waals surface area contributed by atoms with E-state index in [1.54, 1.807) is 0 Å². The molecule has 33 heavy (non-hydrogen) atoms. The smallest absolute Gasteiger partial charge is 0.338 e. The number of rotatable bonds is 8. The van der Waals surface area contributed by atoms with Crippen molar-refractivity contribution in [1.29, 1.82) is 0 Å². The third-order valence-corrected chi connectivity index (χ3v) is 7.45.